The number of ether oxygens (including phenoxy) is 1. The molecule has 0 spiro atoms. The van der Waals surface area contributed by atoms with Crippen LogP contribution in [0.15, 0.2) is 29.3 Å². The Morgan fingerprint density at radius 2 is 1.72 bits per heavy atom. The lowest BCUT2D eigenvalue weighted by atomic mass is 9.88. The normalized spacial score (nSPS) is 11.7. The number of nitriles is 2. The highest BCUT2D eigenvalue weighted by Crippen LogP contribution is 2.32. The van der Waals surface area contributed by atoms with Crippen LogP contribution in [0.1, 0.15) is 55.5 Å². The molecular weight excluding hydrogens is 476 g/mol. The molecule has 36 heavy (non-hydrogen) atoms. The number of thioether (sulfide) groups is 1. The summed E-state index contributed by atoms with van der Waals surface area (Å²) in [6.45, 7) is 7.56. The van der Waals surface area contributed by atoms with E-state index in [-0.39, 0.29) is 6.54 Å². The van der Waals surface area contributed by atoms with Gasteiger partial charge in [0.1, 0.15) is 23.0 Å². The Bertz CT molecular complexity index is 1190. The Morgan fingerprint density at radius 3 is 2.19 bits per heavy atom. The molecule has 2 aromatic rings. The first kappa shape index (κ1) is 28.5. The first-order chi connectivity index (χ1) is 16.9. The molecule has 3 N–H and O–H groups in total. The number of aromatic nitrogens is 1. The van der Waals surface area contributed by atoms with E-state index in [4.69, 9.17) is 10.5 Å². The maximum absolute atomic E-state index is 12.6. The minimum atomic E-state index is -1.00. The van der Waals surface area contributed by atoms with E-state index in [1.165, 1.54) is 11.8 Å². The third-order valence-corrected chi connectivity index (χ3v) is 6.42. The van der Waals surface area contributed by atoms with Crippen LogP contribution in [0.5, 0.6) is 0 Å². The number of hydrogen-bond donors (Lipinski definition) is 2. The van der Waals surface area contributed by atoms with Crippen LogP contribution >= 0.6 is 11.8 Å². The van der Waals surface area contributed by atoms with Crippen LogP contribution in [0, 0.1) is 28.1 Å². The Hall–Kier alpha value is -3.76. The molecule has 2 rings (SSSR count). The molecule has 1 aromatic carbocycles. The molecule has 0 aliphatic heterocycles. The van der Waals surface area contributed by atoms with Crippen LogP contribution in [0.2, 0.25) is 0 Å². The molecule has 0 saturated carbocycles. The highest BCUT2D eigenvalue weighted by Gasteiger charge is 2.34. The van der Waals surface area contributed by atoms with E-state index in [0.29, 0.717) is 39.7 Å². The molecule has 1 aromatic heterocycles. The van der Waals surface area contributed by atoms with Crippen molar-refractivity contribution in [2.24, 2.45) is 11.1 Å². The smallest absolute Gasteiger partial charge is 0.405 e. The van der Waals surface area contributed by atoms with Gasteiger partial charge in [0, 0.05) is 31.8 Å². The number of nitrogens with zero attached hydrogens (tertiary/aromatic N) is 4. The van der Waals surface area contributed by atoms with Crippen molar-refractivity contribution < 1.29 is 14.3 Å². The lowest BCUT2D eigenvalue weighted by Crippen LogP contribution is -2.46. The molecule has 0 saturated heterocycles. The van der Waals surface area contributed by atoms with Crippen molar-refractivity contribution in [1.29, 1.82) is 10.5 Å². The second kappa shape index (κ2) is 12.3. The number of carbonyl (C=O) groups excluding carboxylic acids is 2. The van der Waals surface area contributed by atoms with Gasteiger partial charge < -0.3 is 20.7 Å². The van der Waals surface area contributed by atoms with Crippen LogP contribution in [0.4, 0.5) is 10.6 Å². The van der Waals surface area contributed by atoms with Crippen molar-refractivity contribution in [1.82, 2.24) is 10.3 Å². The minimum Gasteiger partial charge on any atom is -0.436 e. The SMILES string of the molecule is CCc1c(C#N)c(SCc2ccc(CNC(=O)C(OC(N)=O)C(C)(C)C)cc2)nc(N(C)C)c1C#N. The Labute approximate surface area is 216 Å². The maximum Gasteiger partial charge on any atom is 0.405 e. The maximum atomic E-state index is 12.6. The van der Waals surface area contributed by atoms with Gasteiger partial charge in [0.15, 0.2) is 6.10 Å². The van der Waals surface area contributed by atoms with Crippen molar-refractivity contribution in [2.75, 3.05) is 19.0 Å². The average molecular weight is 509 g/mol. The molecule has 2 amide bonds. The number of carbonyl (C=O) groups is 2. The number of hydrogen-bond acceptors (Lipinski definition) is 8. The van der Waals surface area contributed by atoms with Crippen molar-refractivity contribution in [3.63, 3.8) is 0 Å². The first-order valence-corrected chi connectivity index (χ1v) is 12.4. The molecule has 0 radical (unpaired) electrons. The zero-order valence-electron chi connectivity index (χ0n) is 21.5. The number of rotatable bonds is 9. The van der Waals surface area contributed by atoms with E-state index >= 15 is 0 Å². The number of pyridine rings is 1. The summed E-state index contributed by atoms with van der Waals surface area (Å²) in [5.41, 5.74) is 7.98. The van der Waals surface area contributed by atoms with E-state index in [1.807, 2.05) is 45.3 Å². The van der Waals surface area contributed by atoms with Gasteiger partial charge >= 0.3 is 6.09 Å². The Morgan fingerprint density at radius 1 is 1.14 bits per heavy atom. The van der Waals surface area contributed by atoms with Gasteiger partial charge in [-0.1, -0.05) is 52.0 Å². The van der Waals surface area contributed by atoms with Gasteiger partial charge in [-0.15, -0.1) is 11.8 Å². The first-order valence-electron chi connectivity index (χ1n) is 11.4. The number of anilines is 1. The lowest BCUT2D eigenvalue weighted by Gasteiger charge is -2.28. The van der Waals surface area contributed by atoms with E-state index in [2.05, 4.69) is 22.4 Å². The van der Waals surface area contributed by atoms with Gasteiger partial charge in [0.2, 0.25) is 0 Å². The highest BCUT2D eigenvalue weighted by molar-refractivity contribution is 7.98. The van der Waals surface area contributed by atoms with Crippen LogP contribution in [-0.2, 0) is 28.2 Å². The number of benzene rings is 1. The molecule has 9 nitrogen and oxygen atoms in total. The lowest BCUT2D eigenvalue weighted by molar-refractivity contribution is -0.134. The Balaban J connectivity index is 2.13. The fraction of sp³-hybridized carbons (Fsp3) is 0.423. The van der Waals surface area contributed by atoms with Gasteiger partial charge in [-0.3, -0.25) is 4.79 Å². The van der Waals surface area contributed by atoms with Gasteiger partial charge in [0.05, 0.1) is 11.1 Å². The predicted octanol–water partition coefficient (Wildman–Crippen LogP) is 3.87. The third kappa shape index (κ3) is 7.12. The number of nitrogens with one attached hydrogen (secondary N) is 1. The van der Waals surface area contributed by atoms with Crippen LogP contribution in [-0.4, -0.2) is 37.2 Å². The fourth-order valence-corrected chi connectivity index (χ4v) is 4.50. The summed E-state index contributed by atoms with van der Waals surface area (Å²) in [4.78, 5) is 30.1. The summed E-state index contributed by atoms with van der Waals surface area (Å²) in [5, 5.41) is 22.8. The molecule has 1 heterocycles. The summed E-state index contributed by atoms with van der Waals surface area (Å²) >= 11 is 1.44. The van der Waals surface area contributed by atoms with Gasteiger partial charge in [-0.05, 0) is 23.1 Å². The molecule has 1 atom stereocenters. The molecule has 10 heteroatoms. The van der Waals surface area contributed by atoms with E-state index in [0.717, 1.165) is 11.1 Å². The van der Waals surface area contributed by atoms with E-state index in [1.54, 1.807) is 25.7 Å². The molecule has 1 unspecified atom stereocenters. The Kier molecular flexibility index (Phi) is 9.71. The molecule has 0 bridgehead atoms. The topological polar surface area (TPSA) is 145 Å². The third-order valence-electron chi connectivity index (χ3n) is 5.37. The fourth-order valence-electron chi connectivity index (χ4n) is 3.54. The summed E-state index contributed by atoms with van der Waals surface area (Å²) in [6, 6.07) is 12.1. The number of nitrogens with two attached hydrogens (primary N) is 1. The molecule has 190 valence electrons. The largest absolute Gasteiger partial charge is 0.436 e. The molecule has 0 aliphatic carbocycles. The summed E-state index contributed by atoms with van der Waals surface area (Å²) in [7, 11) is 3.65. The second-order valence-corrected chi connectivity index (χ2v) is 10.4. The van der Waals surface area contributed by atoms with Gasteiger partial charge in [-0.25, -0.2) is 9.78 Å². The summed E-state index contributed by atoms with van der Waals surface area (Å²) in [5.74, 6) is 0.713. The quantitative estimate of drug-likeness (QED) is 0.486. The van der Waals surface area contributed by atoms with E-state index < -0.39 is 23.5 Å². The number of primary amides is 1. The molecule has 0 aliphatic rings. The van der Waals surface area contributed by atoms with Gasteiger partial charge in [0.25, 0.3) is 5.91 Å². The van der Waals surface area contributed by atoms with Crippen molar-refractivity contribution >= 4 is 29.6 Å². The second-order valence-electron chi connectivity index (χ2n) is 9.45. The standard InChI is InChI=1S/C26H32N6O3S/c1-7-18-19(12-27)22(32(5)6)31-24(20(18)13-28)36-15-17-10-8-16(9-11-17)14-30-23(33)21(26(2,3)4)35-25(29)34/h8-11,21H,7,14-15H2,1-6H3,(H2,29,34)(H,30,33). The summed E-state index contributed by atoms with van der Waals surface area (Å²) < 4.78 is 5.01. The zero-order chi connectivity index (χ0) is 27.0. The van der Waals surface area contributed by atoms with Crippen LogP contribution in [0.3, 0.4) is 0 Å². The summed E-state index contributed by atoms with van der Waals surface area (Å²) in [6.07, 6.45) is -1.43. The monoisotopic (exact) mass is 508 g/mol. The number of amides is 2. The van der Waals surface area contributed by atoms with Crippen molar-refractivity contribution in [3.8, 4) is 12.1 Å². The van der Waals surface area contributed by atoms with E-state index in [9.17, 15) is 20.1 Å². The minimum absolute atomic E-state index is 0.267. The molecule has 0 fully saturated rings. The van der Waals surface area contributed by atoms with Crippen molar-refractivity contribution in [3.05, 3.63) is 52.1 Å². The predicted molar refractivity (Wildman–Crippen MR) is 139 cm³/mol. The zero-order valence-corrected chi connectivity index (χ0v) is 22.3. The van der Waals surface area contributed by atoms with Gasteiger partial charge in [-0.2, -0.15) is 10.5 Å². The van der Waals surface area contributed by atoms with Crippen molar-refractivity contribution in [2.45, 2.75) is 57.5 Å². The van der Waals surface area contributed by atoms with Crippen LogP contribution in [0.25, 0.3) is 0 Å². The highest BCUT2D eigenvalue weighted by atomic mass is 32.2. The molecular formula is C26H32N6O3S. The van der Waals surface area contributed by atoms with Crippen LogP contribution < -0.4 is 16.0 Å². The average Bonchev–Trinajstić information content (AvgIpc) is 2.83.